The van der Waals surface area contributed by atoms with E-state index in [1.165, 1.54) is 6.33 Å². The highest BCUT2D eigenvalue weighted by Crippen LogP contribution is 2.23. The SMILES string of the molecule is CC(C)n1cc(Nc2cc(Cl)cn3ncnc23)nn1. The van der Waals surface area contributed by atoms with Crippen molar-refractivity contribution >= 4 is 28.8 Å². The summed E-state index contributed by atoms with van der Waals surface area (Å²) < 4.78 is 3.38. The molecule has 0 radical (unpaired) electrons. The zero-order valence-corrected chi connectivity index (χ0v) is 11.2. The summed E-state index contributed by atoms with van der Waals surface area (Å²) in [6.07, 6.45) is 5.00. The predicted octanol–water partition coefficient (Wildman–Crippen LogP) is 2.30. The van der Waals surface area contributed by atoms with Gasteiger partial charge in [0.2, 0.25) is 0 Å². The van der Waals surface area contributed by atoms with Gasteiger partial charge in [0.25, 0.3) is 0 Å². The molecule has 0 aliphatic carbocycles. The third kappa shape index (κ3) is 2.24. The number of halogens is 1. The molecule has 0 unspecified atom stereocenters. The van der Waals surface area contributed by atoms with Gasteiger partial charge in [0, 0.05) is 12.2 Å². The summed E-state index contributed by atoms with van der Waals surface area (Å²) in [6.45, 7) is 4.07. The van der Waals surface area contributed by atoms with Crippen LogP contribution in [-0.4, -0.2) is 29.6 Å². The van der Waals surface area contributed by atoms with E-state index in [1.807, 2.05) is 20.0 Å². The maximum absolute atomic E-state index is 6.03. The molecular formula is C11H12ClN7. The molecule has 3 aromatic rings. The molecule has 3 aromatic heterocycles. The van der Waals surface area contributed by atoms with Gasteiger partial charge in [-0.15, -0.1) is 5.10 Å². The van der Waals surface area contributed by atoms with Crippen molar-refractivity contribution in [2.24, 2.45) is 0 Å². The summed E-state index contributed by atoms with van der Waals surface area (Å²) in [5.74, 6) is 0.640. The van der Waals surface area contributed by atoms with Gasteiger partial charge in [0.05, 0.1) is 16.9 Å². The minimum absolute atomic E-state index is 0.260. The molecule has 8 heteroatoms. The smallest absolute Gasteiger partial charge is 0.178 e. The van der Waals surface area contributed by atoms with Crippen molar-refractivity contribution < 1.29 is 0 Å². The van der Waals surface area contributed by atoms with Gasteiger partial charge in [-0.1, -0.05) is 16.8 Å². The Labute approximate surface area is 114 Å². The molecule has 0 spiro atoms. The molecule has 3 rings (SSSR count). The Kier molecular flexibility index (Phi) is 2.83. The highest BCUT2D eigenvalue weighted by atomic mass is 35.5. The van der Waals surface area contributed by atoms with E-state index in [9.17, 15) is 0 Å². The van der Waals surface area contributed by atoms with E-state index < -0.39 is 0 Å². The molecule has 0 fully saturated rings. The van der Waals surface area contributed by atoms with Crippen LogP contribution in [0, 0.1) is 0 Å². The number of pyridine rings is 1. The van der Waals surface area contributed by atoms with Crippen molar-refractivity contribution in [3.8, 4) is 0 Å². The number of hydrogen-bond acceptors (Lipinski definition) is 5. The van der Waals surface area contributed by atoms with Crippen molar-refractivity contribution in [1.29, 1.82) is 0 Å². The van der Waals surface area contributed by atoms with Crippen LogP contribution in [0.2, 0.25) is 5.02 Å². The average molecular weight is 278 g/mol. The summed E-state index contributed by atoms with van der Waals surface area (Å²) in [7, 11) is 0. The summed E-state index contributed by atoms with van der Waals surface area (Å²) in [5.41, 5.74) is 1.42. The number of nitrogens with zero attached hydrogens (tertiary/aromatic N) is 6. The number of hydrogen-bond donors (Lipinski definition) is 1. The lowest BCUT2D eigenvalue weighted by atomic mass is 10.4. The summed E-state index contributed by atoms with van der Waals surface area (Å²) in [5, 5.41) is 15.9. The lowest BCUT2D eigenvalue weighted by molar-refractivity contribution is 0.514. The van der Waals surface area contributed by atoms with E-state index in [1.54, 1.807) is 21.5 Å². The quantitative estimate of drug-likeness (QED) is 0.795. The number of aromatic nitrogens is 6. The van der Waals surface area contributed by atoms with E-state index in [0.29, 0.717) is 16.5 Å². The van der Waals surface area contributed by atoms with Gasteiger partial charge in [-0.3, -0.25) is 0 Å². The van der Waals surface area contributed by atoms with Gasteiger partial charge in [0.15, 0.2) is 11.5 Å². The number of anilines is 2. The zero-order valence-electron chi connectivity index (χ0n) is 10.4. The van der Waals surface area contributed by atoms with Crippen LogP contribution in [0.25, 0.3) is 5.65 Å². The largest absolute Gasteiger partial charge is 0.334 e. The molecule has 0 atom stereocenters. The van der Waals surface area contributed by atoms with Crippen molar-refractivity contribution in [2.75, 3.05) is 5.32 Å². The highest BCUT2D eigenvalue weighted by molar-refractivity contribution is 6.30. The van der Waals surface area contributed by atoms with Gasteiger partial charge >= 0.3 is 0 Å². The molecule has 1 N–H and O–H groups in total. The lowest BCUT2D eigenvalue weighted by Gasteiger charge is -2.05. The average Bonchev–Trinajstić information content (AvgIpc) is 2.96. The lowest BCUT2D eigenvalue weighted by Crippen LogP contribution is -2.00. The fourth-order valence-electron chi connectivity index (χ4n) is 1.71. The van der Waals surface area contributed by atoms with Crippen molar-refractivity contribution in [3.05, 3.63) is 29.8 Å². The molecule has 0 saturated carbocycles. The van der Waals surface area contributed by atoms with Crippen LogP contribution in [0.4, 0.5) is 11.5 Å². The predicted molar refractivity (Wildman–Crippen MR) is 71.7 cm³/mol. The number of fused-ring (bicyclic) bond motifs is 1. The summed E-state index contributed by atoms with van der Waals surface area (Å²) in [6, 6.07) is 2.04. The fourth-order valence-corrected chi connectivity index (χ4v) is 1.91. The van der Waals surface area contributed by atoms with E-state index in [-0.39, 0.29) is 6.04 Å². The van der Waals surface area contributed by atoms with Crippen LogP contribution in [0.15, 0.2) is 24.8 Å². The molecule has 19 heavy (non-hydrogen) atoms. The standard InChI is InChI=1S/C11H12ClN7/c1-7(2)18-5-10(16-17-18)15-9-3-8(12)4-19-11(9)13-6-14-19/h3-7,15H,1-2H3. The maximum atomic E-state index is 6.03. The fraction of sp³-hybridized carbons (Fsp3) is 0.273. The first-order valence-electron chi connectivity index (χ1n) is 5.81. The second kappa shape index (κ2) is 4.51. The van der Waals surface area contributed by atoms with Crippen LogP contribution in [0.1, 0.15) is 19.9 Å². The van der Waals surface area contributed by atoms with Gasteiger partial charge in [-0.05, 0) is 19.9 Å². The Balaban J connectivity index is 1.97. The Morgan fingerprint density at radius 2 is 2.16 bits per heavy atom. The Morgan fingerprint density at radius 3 is 2.89 bits per heavy atom. The first kappa shape index (κ1) is 11.9. The third-order valence-electron chi connectivity index (χ3n) is 2.64. The number of rotatable bonds is 3. The highest BCUT2D eigenvalue weighted by Gasteiger charge is 2.09. The van der Waals surface area contributed by atoms with Gasteiger partial charge in [-0.2, -0.15) is 5.10 Å². The summed E-state index contributed by atoms with van der Waals surface area (Å²) in [4.78, 5) is 4.17. The molecule has 0 aliphatic heterocycles. The zero-order chi connectivity index (χ0) is 13.4. The van der Waals surface area contributed by atoms with E-state index in [2.05, 4.69) is 25.7 Å². The molecule has 0 aliphatic rings. The summed E-state index contributed by atoms with van der Waals surface area (Å²) >= 11 is 6.03. The molecule has 98 valence electrons. The second-order valence-electron chi connectivity index (χ2n) is 4.40. The van der Waals surface area contributed by atoms with Crippen LogP contribution in [0.3, 0.4) is 0 Å². The molecular weight excluding hydrogens is 266 g/mol. The van der Waals surface area contributed by atoms with Crippen LogP contribution < -0.4 is 5.32 Å². The van der Waals surface area contributed by atoms with Crippen LogP contribution in [0.5, 0.6) is 0 Å². The Bertz CT molecular complexity index is 715. The van der Waals surface area contributed by atoms with Crippen molar-refractivity contribution in [1.82, 2.24) is 29.6 Å². The van der Waals surface area contributed by atoms with E-state index in [4.69, 9.17) is 11.6 Å². The van der Waals surface area contributed by atoms with E-state index >= 15 is 0 Å². The molecule has 0 saturated heterocycles. The molecule has 0 bridgehead atoms. The van der Waals surface area contributed by atoms with Gasteiger partial charge < -0.3 is 5.32 Å². The molecule has 0 aromatic carbocycles. The molecule has 7 nitrogen and oxygen atoms in total. The maximum Gasteiger partial charge on any atom is 0.178 e. The topological polar surface area (TPSA) is 72.9 Å². The third-order valence-corrected chi connectivity index (χ3v) is 2.85. The first-order chi connectivity index (χ1) is 9.13. The first-order valence-corrected chi connectivity index (χ1v) is 6.19. The minimum Gasteiger partial charge on any atom is -0.334 e. The normalized spacial score (nSPS) is 11.4. The van der Waals surface area contributed by atoms with E-state index in [0.717, 1.165) is 5.69 Å². The van der Waals surface area contributed by atoms with Gasteiger partial charge in [-0.25, -0.2) is 14.2 Å². The Morgan fingerprint density at radius 1 is 1.32 bits per heavy atom. The van der Waals surface area contributed by atoms with Gasteiger partial charge in [0.1, 0.15) is 6.33 Å². The number of nitrogens with one attached hydrogen (secondary N) is 1. The molecule has 0 amide bonds. The monoisotopic (exact) mass is 277 g/mol. The van der Waals surface area contributed by atoms with Crippen LogP contribution >= 0.6 is 11.6 Å². The minimum atomic E-state index is 0.260. The van der Waals surface area contributed by atoms with Crippen molar-refractivity contribution in [2.45, 2.75) is 19.9 Å². The van der Waals surface area contributed by atoms with Crippen LogP contribution in [-0.2, 0) is 0 Å². The van der Waals surface area contributed by atoms with Crippen molar-refractivity contribution in [3.63, 3.8) is 0 Å². The Hall–Kier alpha value is -2.15. The molecule has 3 heterocycles. The second-order valence-corrected chi connectivity index (χ2v) is 4.84.